The van der Waals surface area contributed by atoms with Crippen LogP contribution in [0.4, 0.5) is 0 Å². The minimum absolute atomic E-state index is 0.919. The lowest BCUT2D eigenvalue weighted by atomic mass is 10.1. The van der Waals surface area contributed by atoms with E-state index in [9.17, 15) is 4.79 Å². The fraction of sp³-hybridized carbons (Fsp3) is 0.583. The summed E-state index contributed by atoms with van der Waals surface area (Å²) in [5, 5.41) is 0. The third-order valence-corrected chi connectivity index (χ3v) is 3.54. The Hall–Kier alpha value is -0.630. The number of hydrogen-bond acceptors (Lipinski definition) is 2. The van der Waals surface area contributed by atoms with Gasteiger partial charge in [0.25, 0.3) is 0 Å². The van der Waals surface area contributed by atoms with Gasteiger partial charge in [-0.2, -0.15) is 0 Å². The van der Waals surface area contributed by atoms with Gasteiger partial charge in [0.2, 0.25) is 0 Å². The molecule has 0 saturated heterocycles. The molecule has 78 valence electrons. The molecule has 0 saturated carbocycles. The van der Waals surface area contributed by atoms with Crippen molar-refractivity contribution < 1.29 is 4.79 Å². The van der Waals surface area contributed by atoms with Crippen molar-refractivity contribution in [3.8, 4) is 0 Å². The van der Waals surface area contributed by atoms with Crippen molar-refractivity contribution >= 4 is 17.6 Å². The number of hydrogen-bond donors (Lipinski definition) is 0. The van der Waals surface area contributed by atoms with E-state index in [1.807, 2.05) is 11.3 Å². The first kappa shape index (κ1) is 11.4. The maximum Gasteiger partial charge on any atom is 0.151 e. The first-order valence-corrected chi connectivity index (χ1v) is 6.20. The molecule has 1 heterocycles. The van der Waals surface area contributed by atoms with Gasteiger partial charge in [-0.1, -0.05) is 26.7 Å². The van der Waals surface area contributed by atoms with Crippen molar-refractivity contribution in [2.45, 2.75) is 46.0 Å². The van der Waals surface area contributed by atoms with Crippen LogP contribution in [0.5, 0.6) is 0 Å². The van der Waals surface area contributed by atoms with Gasteiger partial charge in [-0.15, -0.1) is 11.3 Å². The Balaban J connectivity index is 2.72. The van der Waals surface area contributed by atoms with E-state index in [0.717, 1.165) is 31.1 Å². The topological polar surface area (TPSA) is 17.1 Å². The highest BCUT2D eigenvalue weighted by Crippen LogP contribution is 2.24. The largest absolute Gasteiger partial charge is 0.298 e. The van der Waals surface area contributed by atoms with Crippen molar-refractivity contribution in [2.24, 2.45) is 0 Å². The molecule has 0 aliphatic rings. The summed E-state index contributed by atoms with van der Waals surface area (Å²) in [6, 6.07) is 2.07. The summed E-state index contributed by atoms with van der Waals surface area (Å²) in [6.07, 6.45) is 6.74. The van der Waals surface area contributed by atoms with E-state index in [2.05, 4.69) is 19.9 Å². The summed E-state index contributed by atoms with van der Waals surface area (Å²) in [5.41, 5.74) is 0.919. The smallest absolute Gasteiger partial charge is 0.151 e. The lowest BCUT2D eigenvalue weighted by Crippen LogP contribution is -1.83. The molecule has 0 amide bonds. The van der Waals surface area contributed by atoms with Crippen molar-refractivity contribution in [3.63, 3.8) is 0 Å². The molecule has 2 heteroatoms. The molecule has 0 aromatic carbocycles. The van der Waals surface area contributed by atoms with Crippen LogP contribution in [-0.4, -0.2) is 6.29 Å². The van der Waals surface area contributed by atoms with E-state index < -0.39 is 0 Å². The fourth-order valence-electron chi connectivity index (χ4n) is 1.50. The molecular weight excluding hydrogens is 192 g/mol. The van der Waals surface area contributed by atoms with E-state index >= 15 is 0 Å². The third kappa shape index (κ3) is 2.95. The second kappa shape index (κ2) is 5.97. The van der Waals surface area contributed by atoms with E-state index in [-0.39, 0.29) is 0 Å². The molecule has 1 aromatic rings. The standard InChI is InChI=1S/C12H18OS/c1-3-5-7-11-8-10(9-13)12(14-11)6-4-2/h8-9H,3-7H2,1-2H3. The zero-order chi connectivity index (χ0) is 10.4. The molecule has 14 heavy (non-hydrogen) atoms. The number of thiophene rings is 1. The van der Waals surface area contributed by atoms with E-state index in [1.54, 1.807) is 0 Å². The van der Waals surface area contributed by atoms with Crippen LogP contribution in [-0.2, 0) is 12.8 Å². The number of aryl methyl sites for hydroxylation is 2. The third-order valence-electron chi connectivity index (χ3n) is 2.27. The molecule has 0 radical (unpaired) electrons. The van der Waals surface area contributed by atoms with Gasteiger partial charge in [0, 0.05) is 15.3 Å². The minimum atomic E-state index is 0.919. The summed E-state index contributed by atoms with van der Waals surface area (Å²) < 4.78 is 0. The number of unbranched alkanes of at least 4 members (excludes halogenated alkanes) is 1. The molecule has 0 fully saturated rings. The zero-order valence-electron chi connectivity index (χ0n) is 9.01. The number of carbonyl (C=O) groups excluding carboxylic acids is 1. The van der Waals surface area contributed by atoms with Gasteiger partial charge in [-0.25, -0.2) is 0 Å². The molecule has 0 N–H and O–H groups in total. The van der Waals surface area contributed by atoms with Crippen LogP contribution in [0.15, 0.2) is 6.07 Å². The van der Waals surface area contributed by atoms with Crippen LogP contribution in [0.2, 0.25) is 0 Å². The van der Waals surface area contributed by atoms with Crippen LogP contribution in [0, 0.1) is 0 Å². The first-order valence-electron chi connectivity index (χ1n) is 5.38. The summed E-state index contributed by atoms with van der Waals surface area (Å²) >= 11 is 1.82. The highest BCUT2D eigenvalue weighted by molar-refractivity contribution is 7.12. The van der Waals surface area contributed by atoms with Gasteiger partial charge in [0.1, 0.15) is 0 Å². The van der Waals surface area contributed by atoms with Crippen LogP contribution in [0.3, 0.4) is 0 Å². The molecule has 0 aliphatic heterocycles. The number of aldehydes is 1. The summed E-state index contributed by atoms with van der Waals surface area (Å²) in [7, 11) is 0. The SMILES string of the molecule is CCCCc1cc(C=O)c(CCC)s1. The molecule has 0 spiro atoms. The fourth-order valence-corrected chi connectivity index (χ4v) is 2.78. The highest BCUT2D eigenvalue weighted by atomic mass is 32.1. The Labute approximate surface area is 90.2 Å². The van der Waals surface area contributed by atoms with Crippen LogP contribution in [0.25, 0.3) is 0 Å². The van der Waals surface area contributed by atoms with Crippen molar-refractivity contribution in [2.75, 3.05) is 0 Å². The Kier molecular flexibility index (Phi) is 4.88. The van der Waals surface area contributed by atoms with Crippen LogP contribution in [0.1, 0.15) is 53.2 Å². The summed E-state index contributed by atoms with van der Waals surface area (Å²) in [4.78, 5) is 13.4. The average Bonchev–Trinajstić information content (AvgIpc) is 2.58. The van der Waals surface area contributed by atoms with Crippen molar-refractivity contribution in [1.82, 2.24) is 0 Å². The minimum Gasteiger partial charge on any atom is -0.298 e. The predicted octanol–water partition coefficient (Wildman–Crippen LogP) is 3.86. The normalized spacial score (nSPS) is 10.4. The van der Waals surface area contributed by atoms with Crippen molar-refractivity contribution in [3.05, 3.63) is 21.4 Å². The van der Waals surface area contributed by atoms with Gasteiger partial charge in [-0.05, 0) is 25.3 Å². The Morgan fingerprint density at radius 3 is 2.64 bits per heavy atom. The lowest BCUT2D eigenvalue weighted by molar-refractivity contribution is 0.112. The van der Waals surface area contributed by atoms with Gasteiger partial charge < -0.3 is 0 Å². The van der Waals surface area contributed by atoms with Gasteiger partial charge >= 0.3 is 0 Å². The Morgan fingerprint density at radius 1 is 1.29 bits per heavy atom. The second-order valence-electron chi connectivity index (χ2n) is 3.56. The number of rotatable bonds is 6. The molecule has 0 aliphatic carbocycles. The maximum atomic E-state index is 10.8. The highest BCUT2D eigenvalue weighted by Gasteiger charge is 2.06. The summed E-state index contributed by atoms with van der Waals surface area (Å²) in [5.74, 6) is 0. The monoisotopic (exact) mass is 210 g/mol. The first-order chi connectivity index (χ1) is 6.81. The molecule has 0 atom stereocenters. The Bertz CT molecular complexity index is 289. The van der Waals surface area contributed by atoms with Gasteiger partial charge in [-0.3, -0.25) is 4.79 Å². The van der Waals surface area contributed by atoms with Crippen LogP contribution < -0.4 is 0 Å². The summed E-state index contributed by atoms with van der Waals surface area (Å²) in [6.45, 7) is 4.35. The predicted molar refractivity (Wildman–Crippen MR) is 62.3 cm³/mol. The van der Waals surface area contributed by atoms with E-state index in [0.29, 0.717) is 0 Å². The van der Waals surface area contributed by atoms with Crippen LogP contribution >= 0.6 is 11.3 Å². The maximum absolute atomic E-state index is 10.8. The lowest BCUT2D eigenvalue weighted by Gasteiger charge is -1.93. The Morgan fingerprint density at radius 2 is 2.07 bits per heavy atom. The van der Waals surface area contributed by atoms with E-state index in [1.165, 1.54) is 22.6 Å². The average molecular weight is 210 g/mol. The molecule has 1 rings (SSSR count). The molecular formula is C12H18OS. The quantitative estimate of drug-likeness (QED) is 0.652. The van der Waals surface area contributed by atoms with Gasteiger partial charge in [0.15, 0.2) is 6.29 Å². The van der Waals surface area contributed by atoms with Gasteiger partial charge in [0.05, 0.1) is 0 Å². The number of carbonyl (C=O) groups is 1. The zero-order valence-corrected chi connectivity index (χ0v) is 9.82. The molecule has 0 unspecified atom stereocenters. The molecule has 1 nitrogen and oxygen atoms in total. The van der Waals surface area contributed by atoms with E-state index in [4.69, 9.17) is 0 Å². The second-order valence-corrected chi connectivity index (χ2v) is 4.78. The molecule has 1 aromatic heterocycles. The van der Waals surface area contributed by atoms with Crippen molar-refractivity contribution in [1.29, 1.82) is 0 Å². The molecule has 0 bridgehead atoms.